The van der Waals surface area contributed by atoms with Crippen LogP contribution in [0.5, 0.6) is 0 Å². The van der Waals surface area contributed by atoms with Crippen molar-refractivity contribution in [3.63, 3.8) is 0 Å². The van der Waals surface area contributed by atoms with Gasteiger partial charge < -0.3 is 18.6 Å². The zero-order valence-electron chi connectivity index (χ0n) is 11.9. The second-order valence-electron chi connectivity index (χ2n) is 6.44. The van der Waals surface area contributed by atoms with Gasteiger partial charge in [0.1, 0.15) is 0 Å². The van der Waals surface area contributed by atoms with Crippen LogP contribution in [0, 0.1) is 17.8 Å². The zero-order chi connectivity index (χ0) is 13.1. The second-order valence-corrected chi connectivity index (χ2v) is 10.3. The first-order valence-electron chi connectivity index (χ1n) is 7.67. The normalized spacial score (nSPS) is 25.7. The van der Waals surface area contributed by atoms with Gasteiger partial charge in [-0.25, -0.2) is 0 Å². The molecule has 3 rings (SSSR count). The van der Waals surface area contributed by atoms with Gasteiger partial charge in [0.15, 0.2) is 8.32 Å². The summed E-state index contributed by atoms with van der Waals surface area (Å²) in [5.74, 6) is 2.25. The summed E-state index contributed by atoms with van der Waals surface area (Å²) in [5, 5.41) is 0. The molecule has 0 spiro atoms. The molecule has 0 aromatic rings. The van der Waals surface area contributed by atoms with Crippen molar-refractivity contribution in [2.75, 3.05) is 46.2 Å². The molecular formula is C14H26O4Si. The maximum absolute atomic E-state index is 6.42. The van der Waals surface area contributed by atoms with Crippen LogP contribution < -0.4 is 0 Å². The number of hydrogen-bond donors (Lipinski definition) is 0. The highest BCUT2D eigenvalue weighted by atomic mass is 28.4. The molecule has 0 saturated carbocycles. The van der Waals surface area contributed by atoms with Crippen molar-refractivity contribution in [3.05, 3.63) is 0 Å². The predicted octanol–water partition coefficient (Wildman–Crippen LogP) is 1.91. The summed E-state index contributed by atoms with van der Waals surface area (Å²) in [6.45, 7) is 8.70. The van der Waals surface area contributed by atoms with Gasteiger partial charge in [0.2, 0.25) is 0 Å². The third-order valence-corrected chi connectivity index (χ3v) is 9.42. The van der Waals surface area contributed by atoms with Crippen LogP contribution in [0.4, 0.5) is 0 Å². The van der Waals surface area contributed by atoms with Crippen LogP contribution in [-0.2, 0) is 18.6 Å². The van der Waals surface area contributed by atoms with E-state index in [0.29, 0.717) is 0 Å². The lowest BCUT2D eigenvalue weighted by atomic mass is 10.1. The van der Waals surface area contributed by atoms with Crippen LogP contribution >= 0.6 is 0 Å². The van der Waals surface area contributed by atoms with E-state index in [9.17, 15) is 0 Å². The summed E-state index contributed by atoms with van der Waals surface area (Å²) in [7, 11) is -1.63. The van der Waals surface area contributed by atoms with Gasteiger partial charge in [-0.1, -0.05) is 0 Å². The van der Waals surface area contributed by atoms with Gasteiger partial charge in [-0.2, -0.15) is 0 Å². The average Bonchev–Trinajstić information content (AvgIpc) is 2.24. The van der Waals surface area contributed by atoms with Gasteiger partial charge in [0.05, 0.1) is 39.6 Å². The molecule has 3 aliphatic rings. The molecule has 0 bridgehead atoms. The highest BCUT2D eigenvalue weighted by Crippen LogP contribution is 2.38. The maximum Gasteiger partial charge on any atom is 0.194 e. The molecule has 3 saturated heterocycles. The summed E-state index contributed by atoms with van der Waals surface area (Å²) >= 11 is 0. The molecule has 5 heteroatoms. The fraction of sp³-hybridized carbons (Fsp3) is 1.00. The van der Waals surface area contributed by atoms with E-state index in [2.05, 4.69) is 6.92 Å². The summed E-state index contributed by atoms with van der Waals surface area (Å²) in [6, 6.07) is 3.86. The SMILES string of the molecule is CCO[Si](CC1COC1)(CC1COC1)CC1COC1. The van der Waals surface area contributed by atoms with Crippen LogP contribution in [0.1, 0.15) is 6.92 Å². The van der Waals surface area contributed by atoms with Gasteiger partial charge in [0.25, 0.3) is 0 Å². The van der Waals surface area contributed by atoms with Crippen LogP contribution in [0.3, 0.4) is 0 Å². The van der Waals surface area contributed by atoms with E-state index in [1.54, 1.807) is 0 Å². The Morgan fingerprint density at radius 1 is 0.789 bits per heavy atom. The predicted molar refractivity (Wildman–Crippen MR) is 74.7 cm³/mol. The minimum absolute atomic E-state index is 0.750. The van der Waals surface area contributed by atoms with E-state index in [4.69, 9.17) is 18.6 Å². The molecule has 110 valence electrons. The van der Waals surface area contributed by atoms with Gasteiger partial charge in [-0.15, -0.1) is 0 Å². The van der Waals surface area contributed by atoms with E-state index in [1.807, 2.05) is 0 Å². The molecule has 0 N–H and O–H groups in total. The number of hydrogen-bond acceptors (Lipinski definition) is 4. The van der Waals surface area contributed by atoms with Crippen LogP contribution in [-0.4, -0.2) is 54.6 Å². The second kappa shape index (κ2) is 6.22. The summed E-state index contributed by atoms with van der Waals surface area (Å²) in [6.07, 6.45) is 0. The van der Waals surface area contributed by atoms with Crippen LogP contribution in [0.25, 0.3) is 0 Å². The number of rotatable bonds is 8. The fourth-order valence-corrected chi connectivity index (χ4v) is 8.85. The lowest BCUT2D eigenvalue weighted by Gasteiger charge is -2.43. The molecule has 3 aliphatic heterocycles. The van der Waals surface area contributed by atoms with Crippen LogP contribution in [0.2, 0.25) is 18.1 Å². The van der Waals surface area contributed by atoms with E-state index < -0.39 is 8.32 Å². The molecule has 0 aliphatic carbocycles. The van der Waals surface area contributed by atoms with E-state index in [0.717, 1.165) is 64.0 Å². The Hall–Kier alpha value is 0.0569. The molecule has 0 aromatic heterocycles. The standard InChI is InChI=1S/C14H26O4Si/c1-2-18-19(9-12-3-15-4-12,10-13-5-16-6-13)11-14-7-17-8-14/h12-14H,2-11H2,1H3. The van der Waals surface area contributed by atoms with Crippen molar-refractivity contribution in [1.82, 2.24) is 0 Å². The molecule has 0 aromatic carbocycles. The van der Waals surface area contributed by atoms with Crippen molar-refractivity contribution < 1.29 is 18.6 Å². The van der Waals surface area contributed by atoms with Gasteiger partial charge in [0, 0.05) is 24.4 Å². The minimum Gasteiger partial charge on any atom is -0.417 e. The molecule has 3 fully saturated rings. The molecule has 0 atom stereocenters. The first-order valence-corrected chi connectivity index (χ1v) is 10.2. The lowest BCUT2D eigenvalue weighted by Crippen LogP contribution is -2.51. The quantitative estimate of drug-likeness (QED) is 0.639. The van der Waals surface area contributed by atoms with Gasteiger partial charge >= 0.3 is 0 Å². The highest BCUT2D eigenvalue weighted by Gasteiger charge is 2.45. The molecule has 0 unspecified atom stereocenters. The van der Waals surface area contributed by atoms with Crippen molar-refractivity contribution >= 4 is 8.32 Å². The largest absolute Gasteiger partial charge is 0.417 e. The Labute approximate surface area is 116 Å². The topological polar surface area (TPSA) is 36.9 Å². The maximum atomic E-state index is 6.42. The van der Waals surface area contributed by atoms with Crippen molar-refractivity contribution in [1.29, 1.82) is 0 Å². The zero-order valence-corrected chi connectivity index (χ0v) is 12.9. The lowest BCUT2D eigenvalue weighted by molar-refractivity contribution is -0.0367. The molecule has 0 amide bonds. The summed E-state index contributed by atoms with van der Waals surface area (Å²) in [4.78, 5) is 0. The van der Waals surface area contributed by atoms with E-state index in [-0.39, 0.29) is 0 Å². The monoisotopic (exact) mass is 286 g/mol. The third kappa shape index (κ3) is 3.39. The van der Waals surface area contributed by atoms with Crippen LogP contribution in [0.15, 0.2) is 0 Å². The van der Waals surface area contributed by atoms with Gasteiger partial charge in [-0.05, 0) is 25.1 Å². The Morgan fingerprint density at radius 2 is 1.16 bits per heavy atom. The third-order valence-electron chi connectivity index (χ3n) is 4.55. The Kier molecular flexibility index (Phi) is 4.59. The highest BCUT2D eigenvalue weighted by molar-refractivity contribution is 6.74. The van der Waals surface area contributed by atoms with E-state index >= 15 is 0 Å². The summed E-state index contributed by atoms with van der Waals surface area (Å²) in [5.41, 5.74) is 0. The smallest absolute Gasteiger partial charge is 0.194 e. The fourth-order valence-electron chi connectivity index (χ4n) is 3.52. The average molecular weight is 286 g/mol. The van der Waals surface area contributed by atoms with Gasteiger partial charge in [-0.3, -0.25) is 0 Å². The Morgan fingerprint density at radius 3 is 1.37 bits per heavy atom. The van der Waals surface area contributed by atoms with E-state index in [1.165, 1.54) is 18.1 Å². The molecule has 19 heavy (non-hydrogen) atoms. The molecule has 4 nitrogen and oxygen atoms in total. The number of ether oxygens (including phenoxy) is 3. The first kappa shape index (κ1) is 14.0. The molecule has 0 radical (unpaired) electrons. The first-order chi connectivity index (χ1) is 9.30. The van der Waals surface area contributed by atoms with Crippen molar-refractivity contribution in [2.45, 2.75) is 25.1 Å². The Bertz CT molecular complexity index is 246. The minimum atomic E-state index is -1.63. The van der Waals surface area contributed by atoms with Crippen molar-refractivity contribution in [3.8, 4) is 0 Å². The summed E-state index contributed by atoms with van der Waals surface area (Å²) < 4.78 is 22.5. The van der Waals surface area contributed by atoms with Crippen molar-refractivity contribution in [2.24, 2.45) is 17.8 Å². The molecular weight excluding hydrogens is 260 g/mol. The molecule has 3 heterocycles. The Balaban J connectivity index is 1.63.